The standard InChI is InChI=1S/C11H16N2O/c12-9-3-1-4-10(7-9)13-8-11-5-2-6-14-11/h1,3-4,7,11,13H,2,5-6,8,12H2/t11-/m0/s1. The molecule has 0 unspecified atom stereocenters. The Hall–Kier alpha value is -1.22. The number of rotatable bonds is 3. The summed E-state index contributed by atoms with van der Waals surface area (Å²) in [4.78, 5) is 0. The molecule has 0 spiro atoms. The minimum absolute atomic E-state index is 0.372. The Balaban J connectivity index is 1.85. The Labute approximate surface area is 84.3 Å². The third kappa shape index (κ3) is 2.39. The Bertz CT molecular complexity index is 295. The van der Waals surface area contributed by atoms with Gasteiger partial charge in [0.2, 0.25) is 0 Å². The second kappa shape index (κ2) is 4.33. The predicted octanol–water partition coefficient (Wildman–Crippen LogP) is 1.86. The van der Waals surface area contributed by atoms with Crippen LogP contribution in [0.1, 0.15) is 12.8 Å². The number of nitrogens with two attached hydrogens (primary N) is 1. The molecular weight excluding hydrogens is 176 g/mol. The van der Waals surface area contributed by atoms with Crippen molar-refractivity contribution in [3.63, 3.8) is 0 Å². The normalized spacial score (nSPS) is 21.0. The van der Waals surface area contributed by atoms with E-state index in [4.69, 9.17) is 10.5 Å². The van der Waals surface area contributed by atoms with Gasteiger partial charge in [-0.1, -0.05) is 6.07 Å². The van der Waals surface area contributed by atoms with E-state index in [1.54, 1.807) is 0 Å². The van der Waals surface area contributed by atoms with Crippen LogP contribution in [0.5, 0.6) is 0 Å². The second-order valence-corrected chi connectivity index (χ2v) is 3.64. The summed E-state index contributed by atoms with van der Waals surface area (Å²) < 4.78 is 5.51. The van der Waals surface area contributed by atoms with E-state index in [0.29, 0.717) is 6.10 Å². The summed E-state index contributed by atoms with van der Waals surface area (Å²) in [5, 5.41) is 3.32. The Kier molecular flexibility index (Phi) is 2.89. The van der Waals surface area contributed by atoms with E-state index in [2.05, 4.69) is 5.32 Å². The topological polar surface area (TPSA) is 47.3 Å². The third-order valence-electron chi connectivity index (χ3n) is 2.44. The molecule has 14 heavy (non-hydrogen) atoms. The lowest BCUT2D eigenvalue weighted by Crippen LogP contribution is -2.18. The van der Waals surface area contributed by atoms with E-state index >= 15 is 0 Å². The van der Waals surface area contributed by atoms with Gasteiger partial charge in [0.1, 0.15) is 0 Å². The molecule has 0 bridgehead atoms. The maximum Gasteiger partial charge on any atom is 0.0748 e. The van der Waals surface area contributed by atoms with E-state index < -0.39 is 0 Å². The molecule has 1 fully saturated rings. The molecule has 1 atom stereocenters. The van der Waals surface area contributed by atoms with Gasteiger partial charge in [0.05, 0.1) is 6.10 Å². The molecule has 0 aromatic heterocycles. The molecular formula is C11H16N2O. The van der Waals surface area contributed by atoms with Crippen LogP contribution in [-0.4, -0.2) is 19.3 Å². The quantitative estimate of drug-likeness (QED) is 0.719. The van der Waals surface area contributed by atoms with E-state index in [-0.39, 0.29) is 0 Å². The van der Waals surface area contributed by atoms with E-state index in [9.17, 15) is 0 Å². The number of ether oxygens (including phenoxy) is 1. The zero-order valence-corrected chi connectivity index (χ0v) is 8.20. The third-order valence-corrected chi connectivity index (χ3v) is 2.44. The Morgan fingerprint density at radius 3 is 3.14 bits per heavy atom. The monoisotopic (exact) mass is 192 g/mol. The van der Waals surface area contributed by atoms with Gasteiger partial charge in [-0.2, -0.15) is 0 Å². The summed E-state index contributed by atoms with van der Waals surface area (Å²) in [5.41, 5.74) is 7.53. The fourth-order valence-corrected chi connectivity index (χ4v) is 1.69. The van der Waals surface area contributed by atoms with Gasteiger partial charge in [-0.25, -0.2) is 0 Å². The molecule has 1 aliphatic rings. The van der Waals surface area contributed by atoms with Crippen molar-refractivity contribution >= 4 is 11.4 Å². The van der Waals surface area contributed by atoms with Crippen molar-refractivity contribution in [2.75, 3.05) is 24.2 Å². The minimum Gasteiger partial charge on any atom is -0.399 e. The lowest BCUT2D eigenvalue weighted by molar-refractivity contribution is 0.120. The molecule has 1 saturated heterocycles. The van der Waals surface area contributed by atoms with Crippen LogP contribution >= 0.6 is 0 Å². The number of anilines is 2. The summed E-state index contributed by atoms with van der Waals surface area (Å²) in [7, 11) is 0. The first-order valence-electron chi connectivity index (χ1n) is 5.05. The fourth-order valence-electron chi connectivity index (χ4n) is 1.69. The van der Waals surface area contributed by atoms with Crippen molar-refractivity contribution < 1.29 is 4.74 Å². The van der Waals surface area contributed by atoms with Crippen LogP contribution in [-0.2, 0) is 4.74 Å². The molecule has 0 amide bonds. The second-order valence-electron chi connectivity index (χ2n) is 3.64. The lowest BCUT2D eigenvalue weighted by Gasteiger charge is -2.11. The van der Waals surface area contributed by atoms with Gasteiger partial charge in [-0.05, 0) is 31.0 Å². The van der Waals surface area contributed by atoms with Crippen LogP contribution < -0.4 is 11.1 Å². The van der Waals surface area contributed by atoms with Gasteiger partial charge in [-0.3, -0.25) is 0 Å². The molecule has 3 N–H and O–H groups in total. The van der Waals surface area contributed by atoms with Gasteiger partial charge in [-0.15, -0.1) is 0 Å². The number of benzene rings is 1. The van der Waals surface area contributed by atoms with Gasteiger partial charge >= 0.3 is 0 Å². The van der Waals surface area contributed by atoms with Crippen molar-refractivity contribution in [1.82, 2.24) is 0 Å². The zero-order chi connectivity index (χ0) is 9.80. The number of nitrogens with one attached hydrogen (secondary N) is 1. The molecule has 1 aliphatic heterocycles. The first-order valence-corrected chi connectivity index (χ1v) is 5.05. The van der Waals surface area contributed by atoms with E-state index in [0.717, 1.165) is 30.9 Å². The van der Waals surface area contributed by atoms with Crippen LogP contribution in [0.4, 0.5) is 11.4 Å². The number of hydrogen-bond acceptors (Lipinski definition) is 3. The average molecular weight is 192 g/mol. The van der Waals surface area contributed by atoms with Gasteiger partial charge in [0.15, 0.2) is 0 Å². The SMILES string of the molecule is Nc1cccc(NC[C@@H]2CCCO2)c1. The van der Waals surface area contributed by atoms with Crippen LogP contribution in [0.25, 0.3) is 0 Å². The van der Waals surface area contributed by atoms with Crippen LogP contribution in [0, 0.1) is 0 Å². The maximum absolute atomic E-state index is 5.67. The zero-order valence-electron chi connectivity index (χ0n) is 8.20. The van der Waals surface area contributed by atoms with E-state index in [1.165, 1.54) is 6.42 Å². The largest absolute Gasteiger partial charge is 0.399 e. The highest BCUT2D eigenvalue weighted by atomic mass is 16.5. The van der Waals surface area contributed by atoms with Crippen molar-refractivity contribution in [3.05, 3.63) is 24.3 Å². The highest BCUT2D eigenvalue weighted by Gasteiger charge is 2.14. The molecule has 0 aliphatic carbocycles. The van der Waals surface area contributed by atoms with Crippen LogP contribution in [0.2, 0.25) is 0 Å². The molecule has 76 valence electrons. The molecule has 0 radical (unpaired) electrons. The minimum atomic E-state index is 0.372. The summed E-state index contributed by atoms with van der Waals surface area (Å²) in [6, 6.07) is 7.80. The predicted molar refractivity (Wildman–Crippen MR) is 58.3 cm³/mol. The summed E-state index contributed by atoms with van der Waals surface area (Å²) in [5.74, 6) is 0. The molecule has 1 heterocycles. The van der Waals surface area contributed by atoms with Gasteiger partial charge in [0, 0.05) is 24.5 Å². The Morgan fingerprint density at radius 1 is 1.50 bits per heavy atom. The van der Waals surface area contributed by atoms with Crippen LogP contribution in [0.3, 0.4) is 0 Å². The van der Waals surface area contributed by atoms with Crippen molar-refractivity contribution in [2.24, 2.45) is 0 Å². The van der Waals surface area contributed by atoms with Gasteiger partial charge in [0.25, 0.3) is 0 Å². The first kappa shape index (κ1) is 9.34. The Morgan fingerprint density at radius 2 is 2.43 bits per heavy atom. The van der Waals surface area contributed by atoms with Crippen molar-refractivity contribution in [1.29, 1.82) is 0 Å². The van der Waals surface area contributed by atoms with Crippen LogP contribution in [0.15, 0.2) is 24.3 Å². The van der Waals surface area contributed by atoms with E-state index in [1.807, 2.05) is 24.3 Å². The first-order chi connectivity index (χ1) is 6.84. The lowest BCUT2D eigenvalue weighted by atomic mass is 10.2. The molecule has 3 nitrogen and oxygen atoms in total. The number of nitrogen functional groups attached to an aromatic ring is 1. The smallest absolute Gasteiger partial charge is 0.0748 e. The van der Waals surface area contributed by atoms with Crippen molar-refractivity contribution in [2.45, 2.75) is 18.9 Å². The molecule has 2 rings (SSSR count). The highest BCUT2D eigenvalue weighted by Crippen LogP contribution is 2.15. The summed E-state index contributed by atoms with van der Waals surface area (Å²) >= 11 is 0. The molecule has 0 saturated carbocycles. The highest BCUT2D eigenvalue weighted by molar-refractivity contribution is 5.54. The number of hydrogen-bond donors (Lipinski definition) is 2. The molecule has 1 aromatic carbocycles. The maximum atomic E-state index is 5.67. The summed E-state index contributed by atoms with van der Waals surface area (Å²) in [6.07, 6.45) is 2.72. The fraction of sp³-hybridized carbons (Fsp3) is 0.455. The van der Waals surface area contributed by atoms with Crippen molar-refractivity contribution in [3.8, 4) is 0 Å². The molecule has 3 heteroatoms. The average Bonchev–Trinajstić information content (AvgIpc) is 2.67. The summed E-state index contributed by atoms with van der Waals surface area (Å²) in [6.45, 7) is 1.78. The van der Waals surface area contributed by atoms with Gasteiger partial charge < -0.3 is 15.8 Å². The molecule has 1 aromatic rings.